The first-order valence-corrected chi connectivity index (χ1v) is 10.5. The lowest BCUT2D eigenvalue weighted by atomic mass is 10.1. The van der Waals surface area contributed by atoms with Gasteiger partial charge in [-0.15, -0.1) is 0 Å². The average molecular weight is 394 g/mol. The Morgan fingerprint density at radius 1 is 1.11 bits per heavy atom. The first-order valence-electron chi connectivity index (χ1n) is 9.58. The van der Waals surface area contributed by atoms with Crippen LogP contribution < -0.4 is 10.9 Å². The van der Waals surface area contributed by atoms with Crippen molar-refractivity contribution in [1.29, 1.82) is 0 Å². The normalized spacial score (nSPS) is 15.0. The van der Waals surface area contributed by atoms with E-state index in [0.717, 1.165) is 18.4 Å². The Hall–Kier alpha value is -2.60. The minimum Gasteiger partial charge on any atom is -0.352 e. The van der Waals surface area contributed by atoms with E-state index in [9.17, 15) is 9.59 Å². The van der Waals surface area contributed by atoms with Crippen LogP contribution in [-0.2, 0) is 4.79 Å². The van der Waals surface area contributed by atoms with E-state index in [0.29, 0.717) is 16.1 Å². The van der Waals surface area contributed by atoms with Crippen LogP contribution >= 0.6 is 11.8 Å². The van der Waals surface area contributed by atoms with E-state index in [-0.39, 0.29) is 23.6 Å². The van der Waals surface area contributed by atoms with Crippen molar-refractivity contribution >= 4 is 28.6 Å². The second-order valence-electron chi connectivity index (χ2n) is 7.37. The van der Waals surface area contributed by atoms with Gasteiger partial charge in [-0.25, -0.2) is 4.98 Å². The molecular weight excluding hydrogens is 370 g/mol. The van der Waals surface area contributed by atoms with Gasteiger partial charge in [-0.1, -0.05) is 54.2 Å². The molecule has 1 aliphatic rings. The van der Waals surface area contributed by atoms with Gasteiger partial charge in [0.25, 0.3) is 5.56 Å². The predicted octanol–water partition coefficient (Wildman–Crippen LogP) is 4.09. The fourth-order valence-corrected chi connectivity index (χ4v) is 4.41. The molecule has 0 bridgehead atoms. The molecule has 1 atom stereocenters. The molecule has 6 heteroatoms. The lowest BCUT2D eigenvalue weighted by molar-refractivity contribution is -0.120. The lowest BCUT2D eigenvalue weighted by Crippen LogP contribution is -2.31. The van der Waals surface area contributed by atoms with Crippen molar-refractivity contribution in [1.82, 2.24) is 14.9 Å². The van der Waals surface area contributed by atoms with Crippen molar-refractivity contribution in [3.63, 3.8) is 0 Å². The third-order valence-electron chi connectivity index (χ3n) is 4.78. The molecule has 144 valence electrons. The first kappa shape index (κ1) is 18.7. The molecule has 0 saturated heterocycles. The summed E-state index contributed by atoms with van der Waals surface area (Å²) >= 11 is 1.34. The van der Waals surface area contributed by atoms with Gasteiger partial charge >= 0.3 is 0 Å². The molecule has 1 amide bonds. The van der Waals surface area contributed by atoms with E-state index in [2.05, 4.69) is 5.32 Å². The number of benzene rings is 2. The number of hydrogen-bond donors (Lipinski definition) is 1. The van der Waals surface area contributed by atoms with Gasteiger partial charge in [-0.2, -0.15) is 0 Å². The van der Waals surface area contributed by atoms with Gasteiger partial charge in [-0.05, 0) is 44.4 Å². The largest absolute Gasteiger partial charge is 0.352 e. The highest BCUT2D eigenvalue weighted by Crippen LogP contribution is 2.36. The van der Waals surface area contributed by atoms with E-state index >= 15 is 0 Å². The third kappa shape index (κ3) is 3.83. The van der Waals surface area contributed by atoms with Crippen molar-refractivity contribution in [3.05, 3.63) is 70.5 Å². The number of rotatable bonds is 6. The maximum atomic E-state index is 13.1. The third-order valence-corrected chi connectivity index (χ3v) is 6.00. The van der Waals surface area contributed by atoms with Crippen molar-refractivity contribution in [2.24, 2.45) is 0 Å². The Morgan fingerprint density at radius 3 is 2.46 bits per heavy atom. The molecule has 1 fully saturated rings. The highest BCUT2D eigenvalue weighted by molar-refractivity contribution is 8.00. The zero-order valence-electron chi connectivity index (χ0n) is 16.0. The van der Waals surface area contributed by atoms with Crippen molar-refractivity contribution in [2.45, 2.75) is 49.2 Å². The number of carbonyl (C=O) groups is 1. The minimum absolute atomic E-state index is 0.0311. The lowest BCUT2D eigenvalue weighted by Gasteiger charge is -2.21. The van der Waals surface area contributed by atoms with Crippen molar-refractivity contribution in [2.75, 3.05) is 0 Å². The quantitative estimate of drug-likeness (QED) is 0.506. The molecule has 3 aromatic rings. The van der Waals surface area contributed by atoms with Crippen LogP contribution in [0, 0.1) is 0 Å². The number of nitrogens with one attached hydrogen (secondary N) is 1. The molecule has 1 aromatic heterocycles. The summed E-state index contributed by atoms with van der Waals surface area (Å²) in [4.78, 5) is 30.8. The Morgan fingerprint density at radius 2 is 1.79 bits per heavy atom. The van der Waals surface area contributed by atoms with Gasteiger partial charge in [0.15, 0.2) is 5.16 Å². The van der Waals surface area contributed by atoms with Gasteiger partial charge in [0.2, 0.25) is 5.91 Å². The highest BCUT2D eigenvalue weighted by Gasteiger charge is 2.30. The highest BCUT2D eigenvalue weighted by atomic mass is 32.2. The second kappa shape index (κ2) is 7.80. The van der Waals surface area contributed by atoms with E-state index < -0.39 is 5.25 Å². The van der Waals surface area contributed by atoms with E-state index in [1.165, 1.54) is 11.8 Å². The number of thioether (sulfide) groups is 1. The van der Waals surface area contributed by atoms with Gasteiger partial charge in [-0.3, -0.25) is 14.2 Å². The minimum atomic E-state index is -0.458. The molecule has 0 spiro atoms. The standard InChI is InChI=1S/C22H23N3O2S/c1-14(2)25-21(27)17-10-6-7-11-18(17)24-22(25)28-19(15-8-4-3-5-9-15)20(26)23-16-12-13-16/h3-11,14,16,19H,12-13H2,1-2H3,(H,23,26). The molecule has 1 N–H and O–H groups in total. The van der Waals surface area contributed by atoms with Crippen LogP contribution in [0.3, 0.4) is 0 Å². The molecule has 0 radical (unpaired) electrons. The number of carbonyl (C=O) groups excluding carboxylic acids is 1. The second-order valence-corrected chi connectivity index (χ2v) is 8.44. The maximum absolute atomic E-state index is 13.1. The van der Waals surface area contributed by atoms with Crippen LogP contribution in [0.25, 0.3) is 10.9 Å². The SMILES string of the molecule is CC(C)n1c(SC(C(=O)NC2CC2)c2ccccc2)nc2ccccc2c1=O. The molecule has 4 rings (SSSR count). The summed E-state index contributed by atoms with van der Waals surface area (Å²) in [5, 5.41) is 3.80. The summed E-state index contributed by atoms with van der Waals surface area (Å²) in [7, 11) is 0. The molecule has 1 aliphatic carbocycles. The van der Waals surface area contributed by atoms with Crippen LogP contribution in [0.2, 0.25) is 0 Å². The first-order chi connectivity index (χ1) is 13.5. The Balaban J connectivity index is 1.79. The summed E-state index contributed by atoms with van der Waals surface area (Å²) in [6, 6.07) is 17.3. The Labute approximate surface area is 168 Å². The van der Waals surface area contributed by atoms with Crippen LogP contribution in [0.4, 0.5) is 0 Å². The number of nitrogens with zero attached hydrogens (tertiary/aromatic N) is 2. The molecule has 5 nitrogen and oxygen atoms in total. The average Bonchev–Trinajstić information content (AvgIpc) is 3.50. The van der Waals surface area contributed by atoms with Gasteiger partial charge in [0, 0.05) is 12.1 Å². The number of para-hydroxylation sites is 1. The number of fused-ring (bicyclic) bond motifs is 1. The molecule has 1 heterocycles. The summed E-state index contributed by atoms with van der Waals surface area (Å²) in [5.74, 6) is -0.0311. The maximum Gasteiger partial charge on any atom is 0.262 e. The number of amides is 1. The van der Waals surface area contributed by atoms with Crippen LogP contribution in [0.1, 0.15) is 43.5 Å². The molecule has 0 aliphatic heterocycles. The van der Waals surface area contributed by atoms with Gasteiger partial charge in [0.05, 0.1) is 10.9 Å². The Bertz CT molecular complexity index is 1060. The molecule has 1 unspecified atom stereocenters. The van der Waals surface area contributed by atoms with E-state index in [1.807, 2.05) is 62.4 Å². The zero-order chi connectivity index (χ0) is 19.7. The summed E-state index contributed by atoms with van der Waals surface area (Å²) in [6.45, 7) is 3.92. The van der Waals surface area contributed by atoms with E-state index in [4.69, 9.17) is 4.98 Å². The fraction of sp³-hybridized carbons (Fsp3) is 0.318. The molecule has 28 heavy (non-hydrogen) atoms. The van der Waals surface area contributed by atoms with E-state index in [1.54, 1.807) is 10.6 Å². The summed E-state index contributed by atoms with van der Waals surface area (Å²) in [6.07, 6.45) is 2.06. The zero-order valence-corrected chi connectivity index (χ0v) is 16.8. The smallest absolute Gasteiger partial charge is 0.262 e. The summed E-state index contributed by atoms with van der Waals surface area (Å²) in [5.41, 5.74) is 1.49. The van der Waals surface area contributed by atoms with Gasteiger partial charge < -0.3 is 5.32 Å². The monoisotopic (exact) mass is 393 g/mol. The molecule has 2 aromatic carbocycles. The topological polar surface area (TPSA) is 64.0 Å². The van der Waals surface area contributed by atoms with Crippen LogP contribution in [-0.4, -0.2) is 21.5 Å². The molecule has 1 saturated carbocycles. The fourth-order valence-electron chi connectivity index (χ4n) is 3.17. The number of hydrogen-bond acceptors (Lipinski definition) is 4. The van der Waals surface area contributed by atoms with Crippen LogP contribution in [0.15, 0.2) is 64.5 Å². The summed E-state index contributed by atoms with van der Waals surface area (Å²) < 4.78 is 1.69. The van der Waals surface area contributed by atoms with Crippen molar-refractivity contribution < 1.29 is 4.79 Å². The van der Waals surface area contributed by atoms with Crippen LogP contribution in [0.5, 0.6) is 0 Å². The van der Waals surface area contributed by atoms with Crippen molar-refractivity contribution in [3.8, 4) is 0 Å². The van der Waals surface area contributed by atoms with Gasteiger partial charge in [0.1, 0.15) is 5.25 Å². The molecular formula is C22H23N3O2S. The Kier molecular flexibility index (Phi) is 5.22. The predicted molar refractivity (Wildman–Crippen MR) is 113 cm³/mol. The number of aromatic nitrogens is 2.